The fourth-order valence-electron chi connectivity index (χ4n) is 1.62. The first-order chi connectivity index (χ1) is 6.92. The molecule has 1 unspecified atom stereocenters. The van der Waals surface area contributed by atoms with Crippen LogP contribution in [0.2, 0.25) is 0 Å². The Hall–Kier alpha value is -0.570. The third-order valence-corrected chi connectivity index (χ3v) is 2.65. The molecule has 88 valence electrons. The maximum absolute atomic E-state index is 11.5. The molecule has 0 amide bonds. The van der Waals surface area contributed by atoms with Crippen LogP contribution in [0.25, 0.3) is 0 Å². The molecule has 0 aromatic heterocycles. The molecule has 1 aliphatic carbocycles. The summed E-state index contributed by atoms with van der Waals surface area (Å²) in [5, 5.41) is 3.31. The largest absolute Gasteiger partial charge is 0.468 e. The molecule has 0 saturated heterocycles. The van der Waals surface area contributed by atoms with Crippen LogP contribution in [-0.4, -0.2) is 25.7 Å². The summed E-state index contributed by atoms with van der Waals surface area (Å²) in [7, 11) is 1.46. The summed E-state index contributed by atoms with van der Waals surface area (Å²) < 4.78 is 4.81. The van der Waals surface area contributed by atoms with Crippen LogP contribution < -0.4 is 5.32 Å². The number of rotatable bonds is 5. The van der Waals surface area contributed by atoms with Gasteiger partial charge in [-0.3, -0.25) is 4.79 Å². The predicted octanol–water partition coefficient (Wildman–Crippen LogP) is 1.96. The minimum atomic E-state index is -0.143. The fourth-order valence-corrected chi connectivity index (χ4v) is 1.62. The van der Waals surface area contributed by atoms with E-state index in [-0.39, 0.29) is 17.4 Å². The second-order valence-corrected chi connectivity index (χ2v) is 5.69. The van der Waals surface area contributed by atoms with Gasteiger partial charge in [-0.25, -0.2) is 0 Å². The highest BCUT2D eigenvalue weighted by atomic mass is 16.5. The average Bonchev–Trinajstić information content (AvgIpc) is 2.92. The maximum atomic E-state index is 11.5. The third kappa shape index (κ3) is 5.17. The summed E-state index contributed by atoms with van der Waals surface area (Å²) >= 11 is 0. The van der Waals surface area contributed by atoms with Crippen molar-refractivity contribution in [2.75, 3.05) is 13.7 Å². The van der Waals surface area contributed by atoms with E-state index in [1.54, 1.807) is 0 Å². The smallest absolute Gasteiger partial charge is 0.322 e. The van der Waals surface area contributed by atoms with Crippen LogP contribution in [0.4, 0.5) is 0 Å². The summed E-state index contributed by atoms with van der Waals surface area (Å²) in [5.41, 5.74) is 0.148. The molecule has 15 heavy (non-hydrogen) atoms. The van der Waals surface area contributed by atoms with Crippen molar-refractivity contribution in [3.05, 3.63) is 0 Å². The van der Waals surface area contributed by atoms with Gasteiger partial charge in [0.25, 0.3) is 0 Å². The van der Waals surface area contributed by atoms with Crippen molar-refractivity contribution >= 4 is 5.97 Å². The molecule has 0 aromatic carbocycles. The first kappa shape index (κ1) is 12.5. The highest BCUT2D eigenvalue weighted by Gasteiger charge is 2.28. The Balaban J connectivity index is 2.39. The van der Waals surface area contributed by atoms with Crippen LogP contribution in [0, 0.1) is 11.3 Å². The lowest BCUT2D eigenvalue weighted by atomic mass is 9.88. The Morgan fingerprint density at radius 3 is 2.47 bits per heavy atom. The van der Waals surface area contributed by atoms with Crippen molar-refractivity contribution in [3.8, 4) is 0 Å². The van der Waals surface area contributed by atoms with E-state index in [2.05, 4.69) is 26.1 Å². The number of carbonyl (C=O) groups excluding carboxylic acids is 1. The van der Waals surface area contributed by atoms with E-state index in [1.165, 1.54) is 20.0 Å². The van der Waals surface area contributed by atoms with E-state index in [0.29, 0.717) is 0 Å². The maximum Gasteiger partial charge on any atom is 0.322 e. The highest BCUT2D eigenvalue weighted by Crippen LogP contribution is 2.28. The van der Waals surface area contributed by atoms with E-state index in [9.17, 15) is 4.79 Å². The standard InChI is InChI=1S/C12H23NO2/c1-12(2,3)7-10(11(14)15-4)13-8-9-5-6-9/h9-10,13H,5-8H2,1-4H3. The van der Waals surface area contributed by atoms with Crippen LogP contribution in [0.15, 0.2) is 0 Å². The fraction of sp³-hybridized carbons (Fsp3) is 0.917. The lowest BCUT2D eigenvalue weighted by Gasteiger charge is -2.25. The molecular formula is C12H23NO2. The minimum Gasteiger partial charge on any atom is -0.468 e. The highest BCUT2D eigenvalue weighted by molar-refractivity contribution is 5.75. The molecule has 0 heterocycles. The zero-order valence-electron chi connectivity index (χ0n) is 10.3. The van der Waals surface area contributed by atoms with Crippen molar-refractivity contribution < 1.29 is 9.53 Å². The van der Waals surface area contributed by atoms with Gasteiger partial charge in [-0.1, -0.05) is 20.8 Å². The molecule has 1 aliphatic rings. The van der Waals surface area contributed by atoms with E-state index in [1.807, 2.05) is 0 Å². The first-order valence-electron chi connectivity index (χ1n) is 5.73. The second-order valence-electron chi connectivity index (χ2n) is 5.69. The molecule has 1 fully saturated rings. The van der Waals surface area contributed by atoms with Gasteiger partial charge in [-0.05, 0) is 37.1 Å². The molecule has 0 aliphatic heterocycles. The van der Waals surface area contributed by atoms with E-state index >= 15 is 0 Å². The molecule has 3 nitrogen and oxygen atoms in total. The summed E-state index contributed by atoms with van der Waals surface area (Å²) in [4.78, 5) is 11.5. The number of esters is 1. The summed E-state index contributed by atoms with van der Waals surface area (Å²) in [6.07, 6.45) is 3.43. The monoisotopic (exact) mass is 213 g/mol. The van der Waals surface area contributed by atoms with Crippen LogP contribution in [-0.2, 0) is 9.53 Å². The zero-order chi connectivity index (χ0) is 11.5. The lowest BCUT2D eigenvalue weighted by molar-refractivity contribution is -0.144. The van der Waals surface area contributed by atoms with Gasteiger partial charge in [-0.15, -0.1) is 0 Å². The van der Waals surface area contributed by atoms with Gasteiger partial charge in [0.1, 0.15) is 6.04 Å². The van der Waals surface area contributed by atoms with Gasteiger partial charge >= 0.3 is 5.97 Å². The van der Waals surface area contributed by atoms with Crippen LogP contribution in [0.1, 0.15) is 40.0 Å². The Morgan fingerprint density at radius 1 is 1.47 bits per heavy atom. The molecule has 1 atom stereocenters. The Kier molecular flexibility index (Phi) is 4.14. The van der Waals surface area contributed by atoms with Gasteiger partial charge in [0.2, 0.25) is 0 Å². The number of hydrogen-bond donors (Lipinski definition) is 1. The normalized spacial score (nSPS) is 18.7. The van der Waals surface area contributed by atoms with Crippen LogP contribution >= 0.6 is 0 Å². The first-order valence-corrected chi connectivity index (χ1v) is 5.73. The van der Waals surface area contributed by atoms with Gasteiger partial charge in [-0.2, -0.15) is 0 Å². The van der Waals surface area contributed by atoms with Crippen LogP contribution in [0.3, 0.4) is 0 Å². The molecule has 1 saturated carbocycles. The van der Waals surface area contributed by atoms with Crippen molar-refractivity contribution in [2.45, 2.75) is 46.1 Å². The van der Waals surface area contributed by atoms with E-state index < -0.39 is 0 Å². The lowest BCUT2D eigenvalue weighted by Crippen LogP contribution is -2.41. The molecule has 0 spiro atoms. The second kappa shape index (κ2) is 4.97. The Bertz CT molecular complexity index is 216. The zero-order valence-corrected chi connectivity index (χ0v) is 10.3. The van der Waals surface area contributed by atoms with Crippen molar-refractivity contribution in [1.29, 1.82) is 0 Å². The average molecular weight is 213 g/mol. The van der Waals surface area contributed by atoms with Gasteiger partial charge in [0.15, 0.2) is 0 Å². The molecule has 0 radical (unpaired) electrons. The molecule has 1 rings (SSSR count). The van der Waals surface area contributed by atoms with Crippen molar-refractivity contribution in [1.82, 2.24) is 5.32 Å². The van der Waals surface area contributed by atoms with Gasteiger partial charge < -0.3 is 10.1 Å². The number of ether oxygens (including phenoxy) is 1. The van der Waals surface area contributed by atoms with Gasteiger partial charge in [0, 0.05) is 0 Å². The van der Waals surface area contributed by atoms with Crippen molar-refractivity contribution in [2.24, 2.45) is 11.3 Å². The molecule has 0 bridgehead atoms. The number of carbonyl (C=O) groups is 1. The predicted molar refractivity (Wildman–Crippen MR) is 60.6 cm³/mol. The van der Waals surface area contributed by atoms with Crippen LogP contribution in [0.5, 0.6) is 0 Å². The summed E-state index contributed by atoms with van der Waals surface area (Å²) in [5.74, 6) is 0.655. The summed E-state index contributed by atoms with van der Waals surface area (Å²) in [6, 6.07) is -0.143. The Labute approximate surface area is 92.6 Å². The van der Waals surface area contributed by atoms with Crippen molar-refractivity contribution in [3.63, 3.8) is 0 Å². The third-order valence-electron chi connectivity index (χ3n) is 2.65. The molecular weight excluding hydrogens is 190 g/mol. The van der Waals surface area contributed by atoms with E-state index in [0.717, 1.165) is 18.9 Å². The molecule has 3 heteroatoms. The SMILES string of the molecule is COC(=O)C(CC(C)(C)C)NCC1CC1. The van der Waals surface area contributed by atoms with E-state index in [4.69, 9.17) is 4.74 Å². The summed E-state index contributed by atoms with van der Waals surface area (Å²) in [6.45, 7) is 7.38. The number of nitrogens with one attached hydrogen (secondary N) is 1. The number of methoxy groups -OCH3 is 1. The topological polar surface area (TPSA) is 38.3 Å². The van der Waals surface area contributed by atoms with Gasteiger partial charge in [0.05, 0.1) is 7.11 Å². The Morgan fingerprint density at radius 2 is 2.07 bits per heavy atom. The molecule has 1 N–H and O–H groups in total. The number of hydrogen-bond acceptors (Lipinski definition) is 3. The molecule has 0 aromatic rings. The minimum absolute atomic E-state index is 0.134. The quantitative estimate of drug-likeness (QED) is 0.709.